The molecule has 130 valence electrons. The Kier molecular flexibility index (Phi) is 3.89. The Labute approximate surface area is 151 Å². The molecule has 2 amide bonds. The standard InChI is InChI=1S/C18H14N4O3S/c1-11(23)20-15-5-2-12(3-6-15)13-4-7-16-14(8-13)10-19-22(16)18-9-17(24)21-26(18)25/h2-10H,1H3,(H,20,23)(H,21,24). The summed E-state index contributed by atoms with van der Waals surface area (Å²) in [5.74, 6) is -0.504. The van der Waals surface area contributed by atoms with Crippen molar-refractivity contribution < 1.29 is 13.8 Å². The predicted molar refractivity (Wildman–Crippen MR) is 100 cm³/mol. The molecule has 0 spiro atoms. The first-order chi connectivity index (χ1) is 12.5. The van der Waals surface area contributed by atoms with Gasteiger partial charge in [-0.25, -0.2) is 8.89 Å². The molecule has 2 N–H and O–H groups in total. The van der Waals surface area contributed by atoms with Crippen molar-refractivity contribution in [2.75, 3.05) is 5.32 Å². The van der Waals surface area contributed by atoms with Gasteiger partial charge in [0.2, 0.25) is 5.91 Å². The van der Waals surface area contributed by atoms with Gasteiger partial charge in [-0.2, -0.15) is 5.10 Å². The van der Waals surface area contributed by atoms with E-state index in [1.807, 2.05) is 42.5 Å². The van der Waals surface area contributed by atoms with Crippen LogP contribution in [0.5, 0.6) is 0 Å². The van der Waals surface area contributed by atoms with Crippen LogP contribution in [-0.4, -0.2) is 25.8 Å². The highest BCUT2D eigenvalue weighted by Gasteiger charge is 2.23. The Morgan fingerprint density at radius 3 is 2.54 bits per heavy atom. The molecule has 2 aromatic carbocycles. The van der Waals surface area contributed by atoms with Gasteiger partial charge in [0, 0.05) is 24.1 Å². The van der Waals surface area contributed by atoms with Gasteiger partial charge in [0.1, 0.15) is 0 Å². The molecular weight excluding hydrogens is 352 g/mol. The van der Waals surface area contributed by atoms with Crippen molar-refractivity contribution in [1.29, 1.82) is 0 Å². The highest BCUT2D eigenvalue weighted by atomic mass is 32.2. The molecule has 0 aliphatic carbocycles. The van der Waals surface area contributed by atoms with E-state index >= 15 is 0 Å². The van der Waals surface area contributed by atoms with E-state index in [1.165, 1.54) is 17.7 Å². The zero-order valence-corrected chi connectivity index (χ0v) is 14.5. The van der Waals surface area contributed by atoms with Gasteiger partial charge in [-0.05, 0) is 35.4 Å². The first-order valence-electron chi connectivity index (χ1n) is 7.81. The zero-order chi connectivity index (χ0) is 18.3. The van der Waals surface area contributed by atoms with Crippen molar-refractivity contribution in [3.63, 3.8) is 0 Å². The quantitative estimate of drug-likeness (QED) is 0.744. The van der Waals surface area contributed by atoms with Crippen molar-refractivity contribution >= 4 is 44.4 Å². The molecule has 0 radical (unpaired) electrons. The molecular formula is C18H14N4O3S. The van der Waals surface area contributed by atoms with E-state index in [1.54, 1.807) is 6.20 Å². The van der Waals surface area contributed by atoms with Crippen LogP contribution in [0.25, 0.3) is 27.1 Å². The maximum absolute atomic E-state index is 11.9. The number of anilines is 1. The number of hydrogen-bond acceptors (Lipinski definition) is 4. The Bertz CT molecular complexity index is 1100. The number of benzene rings is 2. The molecule has 1 aliphatic rings. The molecule has 0 fully saturated rings. The second-order valence-electron chi connectivity index (χ2n) is 5.81. The van der Waals surface area contributed by atoms with E-state index in [9.17, 15) is 13.8 Å². The zero-order valence-electron chi connectivity index (χ0n) is 13.7. The fourth-order valence-electron chi connectivity index (χ4n) is 2.82. The lowest BCUT2D eigenvalue weighted by Gasteiger charge is -2.06. The average Bonchev–Trinajstić information content (AvgIpc) is 3.16. The second kappa shape index (κ2) is 6.23. The summed E-state index contributed by atoms with van der Waals surface area (Å²) < 4.78 is 15.8. The maximum Gasteiger partial charge on any atom is 0.258 e. The number of carbonyl (C=O) groups excluding carboxylic acids is 2. The normalized spacial score (nSPS) is 16.4. The van der Waals surface area contributed by atoms with Crippen LogP contribution in [0, 0.1) is 0 Å². The van der Waals surface area contributed by atoms with Gasteiger partial charge < -0.3 is 5.32 Å². The summed E-state index contributed by atoms with van der Waals surface area (Å²) in [7, 11) is -1.60. The van der Waals surface area contributed by atoms with E-state index < -0.39 is 16.9 Å². The van der Waals surface area contributed by atoms with Crippen LogP contribution < -0.4 is 10.0 Å². The number of nitrogens with one attached hydrogen (secondary N) is 2. The number of hydrogen-bond donors (Lipinski definition) is 2. The molecule has 7 nitrogen and oxygen atoms in total. The lowest BCUT2D eigenvalue weighted by atomic mass is 10.0. The van der Waals surface area contributed by atoms with Crippen molar-refractivity contribution in [2.24, 2.45) is 0 Å². The highest BCUT2D eigenvalue weighted by Crippen LogP contribution is 2.27. The number of aromatic nitrogens is 2. The van der Waals surface area contributed by atoms with Crippen LogP contribution in [0.2, 0.25) is 0 Å². The molecule has 8 heteroatoms. The van der Waals surface area contributed by atoms with Crippen LogP contribution in [0.1, 0.15) is 6.92 Å². The molecule has 1 atom stereocenters. The lowest BCUT2D eigenvalue weighted by molar-refractivity contribution is -0.115. The topological polar surface area (TPSA) is 93.1 Å². The number of fused-ring (bicyclic) bond motifs is 1. The van der Waals surface area contributed by atoms with E-state index in [-0.39, 0.29) is 5.91 Å². The Hall–Kier alpha value is -3.26. The number of amides is 2. The van der Waals surface area contributed by atoms with Gasteiger partial charge in [-0.3, -0.25) is 14.3 Å². The van der Waals surface area contributed by atoms with Crippen LogP contribution in [-0.2, 0) is 20.6 Å². The third-order valence-electron chi connectivity index (χ3n) is 3.95. The first-order valence-corrected chi connectivity index (χ1v) is 8.96. The number of carbonyl (C=O) groups is 2. The van der Waals surface area contributed by atoms with E-state index in [0.29, 0.717) is 5.03 Å². The third kappa shape index (κ3) is 2.91. The van der Waals surface area contributed by atoms with Crippen molar-refractivity contribution in [3.05, 3.63) is 54.7 Å². The van der Waals surface area contributed by atoms with Crippen molar-refractivity contribution in [1.82, 2.24) is 14.5 Å². The summed E-state index contributed by atoms with van der Waals surface area (Å²) in [6.45, 7) is 1.47. The van der Waals surface area contributed by atoms with E-state index in [0.717, 1.165) is 27.7 Å². The third-order valence-corrected chi connectivity index (χ3v) is 5.01. The fraction of sp³-hybridized carbons (Fsp3) is 0.0556. The first kappa shape index (κ1) is 16.2. The predicted octanol–water partition coefficient (Wildman–Crippen LogP) is 2.25. The average molecular weight is 366 g/mol. The summed E-state index contributed by atoms with van der Waals surface area (Å²) in [5, 5.41) is 8.18. The summed E-state index contributed by atoms with van der Waals surface area (Å²) in [6, 6.07) is 13.3. The van der Waals surface area contributed by atoms with Crippen LogP contribution in [0.4, 0.5) is 5.69 Å². The van der Waals surface area contributed by atoms with Crippen LogP contribution in [0.3, 0.4) is 0 Å². The van der Waals surface area contributed by atoms with Crippen molar-refractivity contribution in [3.8, 4) is 11.1 Å². The molecule has 2 heterocycles. The molecule has 0 saturated heterocycles. The van der Waals surface area contributed by atoms with Gasteiger partial charge >= 0.3 is 0 Å². The molecule has 1 unspecified atom stereocenters. The second-order valence-corrected chi connectivity index (χ2v) is 6.97. The largest absolute Gasteiger partial charge is 0.326 e. The SMILES string of the molecule is CC(=O)Nc1ccc(-c2ccc3c(cnn3C3=CC(=O)NS3=O)c2)cc1. The Morgan fingerprint density at radius 2 is 1.88 bits per heavy atom. The minimum Gasteiger partial charge on any atom is -0.326 e. The van der Waals surface area contributed by atoms with Gasteiger partial charge in [-0.15, -0.1) is 0 Å². The monoisotopic (exact) mass is 366 g/mol. The Balaban J connectivity index is 1.69. The minimum atomic E-state index is -1.60. The molecule has 1 aromatic heterocycles. The van der Waals surface area contributed by atoms with E-state index in [2.05, 4.69) is 15.1 Å². The van der Waals surface area contributed by atoms with Gasteiger partial charge in [0.05, 0.1) is 11.7 Å². The number of rotatable bonds is 3. The lowest BCUT2D eigenvalue weighted by Crippen LogP contribution is -2.17. The molecule has 4 rings (SSSR count). The highest BCUT2D eigenvalue weighted by molar-refractivity contribution is 7.93. The molecule has 3 aromatic rings. The summed E-state index contributed by atoms with van der Waals surface area (Å²) in [6.07, 6.45) is 2.96. The van der Waals surface area contributed by atoms with E-state index in [4.69, 9.17) is 0 Å². The minimum absolute atomic E-state index is 0.113. The van der Waals surface area contributed by atoms with Gasteiger partial charge in [0.15, 0.2) is 16.0 Å². The molecule has 0 saturated carbocycles. The van der Waals surface area contributed by atoms with Gasteiger partial charge in [0.25, 0.3) is 5.91 Å². The fourth-order valence-corrected chi connectivity index (χ4v) is 3.68. The maximum atomic E-state index is 11.9. The molecule has 26 heavy (non-hydrogen) atoms. The smallest absolute Gasteiger partial charge is 0.258 e. The Morgan fingerprint density at radius 1 is 1.15 bits per heavy atom. The summed E-state index contributed by atoms with van der Waals surface area (Å²) in [5.41, 5.74) is 3.49. The summed E-state index contributed by atoms with van der Waals surface area (Å²) in [4.78, 5) is 22.5. The number of nitrogens with zero attached hydrogens (tertiary/aromatic N) is 2. The molecule has 1 aliphatic heterocycles. The van der Waals surface area contributed by atoms with Crippen LogP contribution >= 0.6 is 0 Å². The molecule has 0 bridgehead atoms. The van der Waals surface area contributed by atoms with Gasteiger partial charge in [-0.1, -0.05) is 18.2 Å². The summed E-state index contributed by atoms with van der Waals surface area (Å²) >= 11 is 0. The van der Waals surface area contributed by atoms with Crippen LogP contribution in [0.15, 0.2) is 54.7 Å². The van der Waals surface area contributed by atoms with Crippen molar-refractivity contribution in [2.45, 2.75) is 6.92 Å².